The smallest absolute Gasteiger partial charge is 0.338 e. The molecular weight excluding hydrogens is 464 g/mol. The maximum Gasteiger partial charge on any atom is 0.338 e. The molecule has 0 saturated carbocycles. The monoisotopic (exact) mass is 492 g/mol. The zero-order chi connectivity index (χ0) is 27.1. The van der Waals surface area contributed by atoms with Crippen LogP contribution in [0.3, 0.4) is 0 Å². The fourth-order valence-electron chi connectivity index (χ4n) is 2.95. The van der Waals surface area contributed by atoms with E-state index in [4.69, 9.17) is 19.7 Å². The third kappa shape index (κ3) is 8.90. The van der Waals surface area contributed by atoms with Gasteiger partial charge in [-0.15, -0.1) is 13.2 Å². The first-order valence-electron chi connectivity index (χ1n) is 10.7. The molecule has 0 aromatic heterocycles. The molecule has 0 aliphatic heterocycles. The van der Waals surface area contributed by atoms with Crippen LogP contribution in [0.2, 0.25) is 0 Å². The number of esters is 2. The maximum atomic E-state index is 11.6. The highest BCUT2D eigenvalue weighted by Crippen LogP contribution is 2.20. The topological polar surface area (TPSA) is 127 Å². The second-order valence-electron chi connectivity index (χ2n) is 7.12. The molecule has 2 N–H and O–H groups in total. The Hall–Kier alpha value is -4.72. The minimum atomic E-state index is -1.14. The summed E-state index contributed by atoms with van der Waals surface area (Å²) in [5.74, 6) is -3.29. The standard InChI is InChI=1S/2C14H14O4/c1-3-8-17-13(15)11-6-5-7-12(10-11)14(16)18-9-4-2;1-3-5-9-7-10(6-4-2)12(14(17)18)8-11(9)13(15)16/h3-7,10H,1-2,8-9H2;3-4,7-8H,1-2,5-6H2,(H,15,16)(H,17,18). The van der Waals surface area contributed by atoms with Crippen molar-refractivity contribution in [2.75, 3.05) is 13.2 Å². The molecular formula is C28H28O8. The van der Waals surface area contributed by atoms with Gasteiger partial charge in [-0.3, -0.25) is 0 Å². The zero-order valence-corrected chi connectivity index (χ0v) is 19.8. The molecule has 0 atom stereocenters. The van der Waals surface area contributed by atoms with Gasteiger partial charge in [0, 0.05) is 0 Å². The summed E-state index contributed by atoms with van der Waals surface area (Å²) in [5, 5.41) is 18.1. The van der Waals surface area contributed by atoms with Crippen molar-refractivity contribution >= 4 is 23.9 Å². The van der Waals surface area contributed by atoms with Crippen molar-refractivity contribution in [3.63, 3.8) is 0 Å². The summed E-state index contributed by atoms with van der Waals surface area (Å²) in [7, 11) is 0. The Kier molecular flexibility index (Phi) is 12.4. The summed E-state index contributed by atoms with van der Waals surface area (Å²) in [6.07, 6.45) is 6.87. The average Bonchev–Trinajstić information content (AvgIpc) is 2.86. The highest BCUT2D eigenvalue weighted by Gasteiger charge is 2.17. The number of hydrogen-bond acceptors (Lipinski definition) is 6. The first-order chi connectivity index (χ1) is 17.2. The van der Waals surface area contributed by atoms with Gasteiger partial charge in [-0.05, 0) is 48.2 Å². The van der Waals surface area contributed by atoms with Gasteiger partial charge in [0.15, 0.2) is 0 Å². The summed E-state index contributed by atoms with van der Waals surface area (Å²) in [5.41, 5.74) is 1.70. The SMILES string of the molecule is C=CCOC(=O)c1cccc(C(=O)OCC=C)c1.C=CCc1cc(CC=C)c(C(=O)O)cc1C(=O)O. The maximum absolute atomic E-state index is 11.6. The quantitative estimate of drug-likeness (QED) is 0.316. The van der Waals surface area contributed by atoms with Crippen molar-refractivity contribution in [1.82, 2.24) is 0 Å². The fourth-order valence-corrected chi connectivity index (χ4v) is 2.95. The lowest BCUT2D eigenvalue weighted by molar-refractivity contribution is 0.0545. The van der Waals surface area contributed by atoms with E-state index in [2.05, 4.69) is 26.3 Å². The number of benzene rings is 2. The Balaban J connectivity index is 0.000000360. The lowest BCUT2D eigenvalue weighted by atomic mass is 9.95. The van der Waals surface area contributed by atoms with E-state index in [-0.39, 0.29) is 24.3 Å². The molecule has 0 heterocycles. The van der Waals surface area contributed by atoms with Crippen molar-refractivity contribution in [1.29, 1.82) is 0 Å². The van der Waals surface area contributed by atoms with E-state index in [9.17, 15) is 19.2 Å². The van der Waals surface area contributed by atoms with Crippen LogP contribution < -0.4 is 0 Å². The van der Waals surface area contributed by atoms with E-state index in [0.29, 0.717) is 35.1 Å². The van der Waals surface area contributed by atoms with E-state index >= 15 is 0 Å². The molecule has 0 radical (unpaired) electrons. The van der Waals surface area contributed by atoms with Gasteiger partial charge in [0.2, 0.25) is 0 Å². The summed E-state index contributed by atoms with van der Waals surface area (Å²) in [6, 6.07) is 8.94. The number of allylic oxidation sites excluding steroid dienone is 2. The number of carbonyl (C=O) groups excluding carboxylic acids is 2. The Morgan fingerprint density at radius 2 is 1.08 bits per heavy atom. The molecule has 8 heteroatoms. The number of ether oxygens (including phenoxy) is 2. The molecule has 8 nitrogen and oxygen atoms in total. The van der Waals surface area contributed by atoms with Crippen LogP contribution in [0.25, 0.3) is 0 Å². The molecule has 0 aliphatic rings. The van der Waals surface area contributed by atoms with Gasteiger partial charge >= 0.3 is 23.9 Å². The first kappa shape index (κ1) is 29.3. The number of aromatic carboxylic acids is 2. The normalized spacial score (nSPS) is 9.56. The molecule has 0 fully saturated rings. The molecule has 2 aromatic carbocycles. The van der Waals surface area contributed by atoms with E-state index < -0.39 is 23.9 Å². The van der Waals surface area contributed by atoms with Gasteiger partial charge in [-0.2, -0.15) is 0 Å². The van der Waals surface area contributed by atoms with Crippen molar-refractivity contribution in [2.45, 2.75) is 12.8 Å². The van der Waals surface area contributed by atoms with E-state index in [1.807, 2.05) is 0 Å². The first-order valence-corrected chi connectivity index (χ1v) is 10.7. The Labute approximate surface area is 209 Å². The van der Waals surface area contributed by atoms with Crippen LogP contribution in [0.4, 0.5) is 0 Å². The Bertz CT molecular complexity index is 1080. The van der Waals surface area contributed by atoms with Crippen LogP contribution in [0, 0.1) is 0 Å². The fraction of sp³-hybridized carbons (Fsp3) is 0.143. The molecule has 2 aromatic rings. The molecule has 0 saturated heterocycles. The van der Waals surface area contributed by atoms with Crippen LogP contribution in [-0.4, -0.2) is 47.3 Å². The number of carboxylic acids is 2. The van der Waals surface area contributed by atoms with Crippen LogP contribution >= 0.6 is 0 Å². The largest absolute Gasteiger partial charge is 0.478 e. The number of carboxylic acid groups (broad SMARTS) is 2. The Morgan fingerprint density at radius 3 is 1.42 bits per heavy atom. The third-order valence-electron chi connectivity index (χ3n) is 4.52. The second kappa shape index (κ2) is 15.2. The van der Waals surface area contributed by atoms with Gasteiger partial charge in [-0.25, -0.2) is 19.2 Å². The summed E-state index contributed by atoms with van der Waals surface area (Å²) in [4.78, 5) is 45.3. The van der Waals surface area contributed by atoms with Crippen LogP contribution in [-0.2, 0) is 22.3 Å². The highest BCUT2D eigenvalue weighted by atomic mass is 16.5. The van der Waals surface area contributed by atoms with E-state index in [1.54, 1.807) is 36.4 Å². The minimum Gasteiger partial charge on any atom is -0.478 e. The molecule has 0 bridgehead atoms. The zero-order valence-electron chi connectivity index (χ0n) is 19.8. The van der Waals surface area contributed by atoms with Gasteiger partial charge in [0.25, 0.3) is 0 Å². The van der Waals surface area contributed by atoms with Crippen molar-refractivity contribution < 1.29 is 38.9 Å². The van der Waals surface area contributed by atoms with Gasteiger partial charge in [0.05, 0.1) is 22.3 Å². The van der Waals surface area contributed by atoms with Crippen LogP contribution in [0.5, 0.6) is 0 Å². The number of hydrogen-bond donors (Lipinski definition) is 2. The van der Waals surface area contributed by atoms with Gasteiger partial charge in [0.1, 0.15) is 13.2 Å². The Morgan fingerprint density at radius 1 is 0.667 bits per heavy atom. The highest BCUT2D eigenvalue weighted by molar-refractivity contribution is 5.96. The predicted molar refractivity (Wildman–Crippen MR) is 136 cm³/mol. The molecule has 0 amide bonds. The predicted octanol–water partition coefficient (Wildman–Crippen LogP) is 4.91. The summed E-state index contributed by atoms with van der Waals surface area (Å²) < 4.78 is 9.74. The molecule has 0 spiro atoms. The van der Waals surface area contributed by atoms with E-state index in [0.717, 1.165) is 0 Å². The van der Waals surface area contributed by atoms with Crippen LogP contribution in [0.15, 0.2) is 87.0 Å². The average molecular weight is 493 g/mol. The van der Waals surface area contributed by atoms with E-state index in [1.165, 1.54) is 24.3 Å². The second-order valence-corrected chi connectivity index (χ2v) is 7.12. The van der Waals surface area contributed by atoms with Crippen molar-refractivity contribution in [3.8, 4) is 0 Å². The van der Waals surface area contributed by atoms with Crippen LogP contribution in [0.1, 0.15) is 52.6 Å². The number of carbonyl (C=O) groups is 4. The summed E-state index contributed by atoms with van der Waals surface area (Å²) in [6.45, 7) is 14.3. The molecule has 188 valence electrons. The molecule has 0 aliphatic carbocycles. The molecule has 2 rings (SSSR count). The minimum absolute atomic E-state index is 0.000104. The third-order valence-corrected chi connectivity index (χ3v) is 4.52. The lowest BCUT2D eigenvalue weighted by Gasteiger charge is -2.10. The van der Waals surface area contributed by atoms with Gasteiger partial charge in [-0.1, -0.05) is 49.6 Å². The van der Waals surface area contributed by atoms with Crippen molar-refractivity contribution in [2.24, 2.45) is 0 Å². The lowest BCUT2D eigenvalue weighted by Crippen LogP contribution is -2.09. The number of rotatable bonds is 12. The summed E-state index contributed by atoms with van der Waals surface area (Å²) >= 11 is 0. The molecule has 36 heavy (non-hydrogen) atoms. The molecule has 0 unspecified atom stereocenters. The van der Waals surface area contributed by atoms with Crippen molar-refractivity contribution in [3.05, 3.63) is 120 Å². The van der Waals surface area contributed by atoms with Gasteiger partial charge < -0.3 is 19.7 Å².